The van der Waals surface area contributed by atoms with Crippen molar-refractivity contribution in [1.82, 2.24) is 14.9 Å². The number of aromatic nitrogens is 2. The fraction of sp³-hybridized carbons (Fsp3) is 0.383. The summed E-state index contributed by atoms with van der Waals surface area (Å²) in [7, 11) is 0. The maximum atomic E-state index is 14.6. The van der Waals surface area contributed by atoms with Gasteiger partial charge in [-0.2, -0.15) is 0 Å². The lowest BCUT2D eigenvalue weighted by Gasteiger charge is -2.36. The molecule has 3 heterocycles. The summed E-state index contributed by atoms with van der Waals surface area (Å²) in [6.45, 7) is 2.17. The van der Waals surface area contributed by atoms with Gasteiger partial charge in [0, 0.05) is 36.2 Å². The van der Waals surface area contributed by atoms with Gasteiger partial charge in [0.25, 0.3) is 0 Å². The normalized spacial score (nSPS) is 22.0. The first-order valence-electron chi connectivity index (χ1n) is 20.1. The summed E-state index contributed by atoms with van der Waals surface area (Å²) in [6.07, 6.45) is 16.1. The minimum absolute atomic E-state index is 0.00301. The van der Waals surface area contributed by atoms with E-state index in [9.17, 15) is 19.5 Å². The van der Waals surface area contributed by atoms with Crippen molar-refractivity contribution in [2.75, 3.05) is 13.2 Å². The van der Waals surface area contributed by atoms with Crippen LogP contribution in [-0.4, -0.2) is 50.9 Å². The quantitative estimate of drug-likeness (QED) is 0.0472. The Labute approximate surface area is 324 Å². The van der Waals surface area contributed by atoms with Crippen LogP contribution in [0.3, 0.4) is 0 Å². The number of benzene rings is 2. The molecule has 2 aromatic carbocycles. The maximum absolute atomic E-state index is 14.6. The predicted octanol–water partition coefficient (Wildman–Crippen LogP) is 8.47. The highest BCUT2D eigenvalue weighted by atomic mass is 16.5. The number of nitrogens with zero attached hydrogens (tertiary/aromatic N) is 3. The van der Waals surface area contributed by atoms with Crippen LogP contribution >= 0.6 is 0 Å². The number of allylic oxidation sites excluding steroid dienone is 2. The molecule has 1 saturated heterocycles. The number of rotatable bonds is 18. The molecule has 1 aliphatic heterocycles. The molecule has 5 atom stereocenters. The highest BCUT2D eigenvalue weighted by molar-refractivity contribution is 6.08. The Balaban J connectivity index is 1.16. The molecular weight excluding hydrogens is 687 g/mol. The number of fused-ring (bicyclic) bond motifs is 5. The average molecular weight is 738 g/mol. The monoisotopic (exact) mass is 737 g/mol. The second-order valence-corrected chi connectivity index (χ2v) is 15.0. The molecule has 2 aliphatic carbocycles. The summed E-state index contributed by atoms with van der Waals surface area (Å²) in [4.78, 5) is 52.3. The van der Waals surface area contributed by atoms with Gasteiger partial charge in [-0.1, -0.05) is 137 Å². The van der Waals surface area contributed by atoms with E-state index in [2.05, 4.69) is 11.9 Å². The zero-order valence-corrected chi connectivity index (χ0v) is 31.7. The zero-order chi connectivity index (χ0) is 38.2. The summed E-state index contributed by atoms with van der Waals surface area (Å²) >= 11 is 0. The zero-order valence-electron chi connectivity index (χ0n) is 31.7. The number of esters is 1. The summed E-state index contributed by atoms with van der Waals surface area (Å²) in [5.74, 6) is -3.44. The molecule has 8 heteroatoms. The Morgan fingerprint density at radius 1 is 0.745 bits per heavy atom. The van der Waals surface area contributed by atoms with Crippen molar-refractivity contribution < 1.29 is 24.2 Å². The minimum Gasteiger partial charge on any atom is -0.464 e. The van der Waals surface area contributed by atoms with Crippen LogP contribution in [-0.2, 0) is 24.7 Å². The maximum Gasteiger partial charge on any atom is 0.305 e. The second-order valence-electron chi connectivity index (χ2n) is 15.0. The molecule has 0 spiro atoms. The van der Waals surface area contributed by atoms with Crippen molar-refractivity contribution in [2.45, 2.75) is 76.7 Å². The minimum atomic E-state index is -1.69. The van der Waals surface area contributed by atoms with Crippen LogP contribution in [0.5, 0.6) is 0 Å². The van der Waals surface area contributed by atoms with Gasteiger partial charge < -0.3 is 9.84 Å². The molecule has 1 N–H and O–H groups in total. The number of pyridine rings is 2. The Morgan fingerprint density at radius 2 is 1.36 bits per heavy atom. The van der Waals surface area contributed by atoms with Gasteiger partial charge in [0.05, 0.1) is 29.8 Å². The van der Waals surface area contributed by atoms with Gasteiger partial charge >= 0.3 is 5.97 Å². The molecular formula is C47H51N3O5. The number of ether oxygens (including phenoxy) is 1. The van der Waals surface area contributed by atoms with Gasteiger partial charge in [-0.15, -0.1) is 0 Å². The van der Waals surface area contributed by atoms with E-state index in [1.807, 2.05) is 91.0 Å². The van der Waals surface area contributed by atoms with E-state index in [4.69, 9.17) is 9.72 Å². The SMILES string of the molecule is CCCCCCCCCCCC(=O)OCCN1C(=O)C2C3C=C(C(O)(c4ccccc4)c4ccccn4)C(C3=C(c3ccccc3)c3ccccn3)C2C1=O. The smallest absolute Gasteiger partial charge is 0.305 e. The van der Waals surface area contributed by atoms with E-state index in [1.54, 1.807) is 24.5 Å². The summed E-state index contributed by atoms with van der Waals surface area (Å²) in [5, 5.41) is 13.1. The van der Waals surface area contributed by atoms with Crippen LogP contribution < -0.4 is 0 Å². The lowest BCUT2D eigenvalue weighted by Crippen LogP contribution is -2.39. The second kappa shape index (κ2) is 17.5. The predicted molar refractivity (Wildman–Crippen MR) is 212 cm³/mol. The fourth-order valence-corrected chi connectivity index (χ4v) is 9.04. The number of hydrogen-bond acceptors (Lipinski definition) is 7. The number of unbranched alkanes of at least 4 members (excludes halogenated alkanes) is 8. The van der Waals surface area contributed by atoms with Crippen LogP contribution in [0.4, 0.5) is 0 Å². The van der Waals surface area contributed by atoms with Crippen LogP contribution in [0.15, 0.2) is 127 Å². The topological polar surface area (TPSA) is 110 Å². The molecule has 2 amide bonds. The van der Waals surface area contributed by atoms with Crippen molar-refractivity contribution in [2.24, 2.45) is 23.7 Å². The van der Waals surface area contributed by atoms with Crippen LogP contribution in [0.2, 0.25) is 0 Å². The van der Waals surface area contributed by atoms with Gasteiger partial charge in [-0.05, 0) is 53.0 Å². The average Bonchev–Trinajstić information content (AvgIpc) is 3.84. The van der Waals surface area contributed by atoms with Gasteiger partial charge in [0.15, 0.2) is 5.60 Å². The molecule has 7 rings (SSSR count). The van der Waals surface area contributed by atoms with E-state index < -0.39 is 29.3 Å². The highest BCUT2D eigenvalue weighted by Gasteiger charge is 2.66. The third-order valence-corrected chi connectivity index (χ3v) is 11.6. The number of amides is 2. The van der Waals surface area contributed by atoms with Gasteiger partial charge in [0.2, 0.25) is 11.8 Å². The van der Waals surface area contributed by atoms with Crippen molar-refractivity contribution in [3.8, 4) is 0 Å². The van der Waals surface area contributed by atoms with Crippen molar-refractivity contribution in [3.63, 3.8) is 0 Å². The first-order chi connectivity index (χ1) is 26.9. The molecule has 4 aromatic rings. The third-order valence-electron chi connectivity index (χ3n) is 11.6. The fourth-order valence-electron chi connectivity index (χ4n) is 9.04. The molecule has 2 aromatic heterocycles. The summed E-state index contributed by atoms with van der Waals surface area (Å²) in [6, 6.07) is 30.5. The Bertz CT molecular complexity index is 1920. The summed E-state index contributed by atoms with van der Waals surface area (Å²) < 4.78 is 5.57. The number of carbonyl (C=O) groups is 3. The van der Waals surface area contributed by atoms with E-state index in [-0.39, 0.29) is 30.9 Å². The van der Waals surface area contributed by atoms with Crippen LogP contribution in [0, 0.1) is 23.7 Å². The Hall–Kier alpha value is -5.21. The van der Waals surface area contributed by atoms with E-state index in [1.165, 1.54) is 43.4 Å². The lowest BCUT2D eigenvalue weighted by molar-refractivity contribution is -0.148. The largest absolute Gasteiger partial charge is 0.464 e. The Morgan fingerprint density at radius 3 is 2.02 bits per heavy atom. The van der Waals surface area contributed by atoms with Crippen molar-refractivity contribution in [1.29, 1.82) is 0 Å². The molecule has 55 heavy (non-hydrogen) atoms. The van der Waals surface area contributed by atoms with Crippen molar-refractivity contribution in [3.05, 3.63) is 149 Å². The lowest BCUT2D eigenvalue weighted by atomic mass is 9.71. The van der Waals surface area contributed by atoms with Gasteiger partial charge in [-0.25, -0.2) is 0 Å². The van der Waals surface area contributed by atoms with E-state index in [0.29, 0.717) is 23.3 Å². The summed E-state index contributed by atoms with van der Waals surface area (Å²) in [5.41, 5.74) is 3.38. The first kappa shape index (κ1) is 38.1. The first-order valence-corrected chi connectivity index (χ1v) is 20.1. The number of aliphatic hydroxyl groups is 1. The number of imide groups is 1. The molecule has 2 fully saturated rings. The molecule has 284 valence electrons. The van der Waals surface area contributed by atoms with E-state index in [0.717, 1.165) is 41.7 Å². The molecule has 8 nitrogen and oxygen atoms in total. The standard InChI is InChI=1S/C47H51N3O5/c1-2-3-4-5-6-7-8-9-16-27-39(51)55-31-30-50-45(52)42-35-32-36(47(54,34-23-14-11-15-24-34)38-26-18-20-29-49-38)43(44(42)46(50)53)41(35)40(33-21-12-10-13-22-33)37-25-17-19-28-48-37/h10-15,17-26,28-29,32,35,42-44,54H,2-9,16,27,30-31H2,1H3. The third kappa shape index (κ3) is 7.70. The molecule has 5 unspecified atom stereocenters. The van der Waals surface area contributed by atoms with Crippen LogP contribution in [0.25, 0.3) is 5.57 Å². The van der Waals surface area contributed by atoms with Crippen molar-refractivity contribution >= 4 is 23.4 Å². The van der Waals surface area contributed by atoms with Gasteiger partial charge in [-0.3, -0.25) is 29.3 Å². The Kier molecular flexibility index (Phi) is 12.1. The molecule has 1 saturated carbocycles. The highest BCUT2D eigenvalue weighted by Crippen LogP contribution is 2.64. The number of carbonyl (C=O) groups excluding carboxylic acids is 3. The number of likely N-dealkylation sites (tertiary alicyclic amines) is 1. The number of hydrogen-bond donors (Lipinski definition) is 1. The van der Waals surface area contributed by atoms with Gasteiger partial charge in [0.1, 0.15) is 6.61 Å². The van der Waals surface area contributed by atoms with Crippen LogP contribution in [0.1, 0.15) is 93.6 Å². The molecule has 3 aliphatic rings. The molecule has 0 radical (unpaired) electrons. The molecule has 2 bridgehead atoms. The van der Waals surface area contributed by atoms with E-state index >= 15 is 0 Å².